The van der Waals surface area contributed by atoms with E-state index in [-0.39, 0.29) is 29.9 Å². The average molecular weight is 527 g/mol. The molecule has 0 spiro atoms. The summed E-state index contributed by atoms with van der Waals surface area (Å²) in [6.45, 7) is 7.53. The molecule has 0 bridgehead atoms. The number of carbonyl (C=O) groups is 2. The normalized spacial score (nSPS) is 43.2. The first-order chi connectivity index (χ1) is 18.0. The van der Waals surface area contributed by atoms with Crippen molar-refractivity contribution < 1.29 is 14.7 Å². The molecule has 0 radical (unpaired) electrons. The van der Waals surface area contributed by atoms with Gasteiger partial charge in [-0.3, -0.25) is 9.59 Å². The van der Waals surface area contributed by atoms with Gasteiger partial charge >= 0.3 is 0 Å². The van der Waals surface area contributed by atoms with Crippen LogP contribution in [-0.4, -0.2) is 48.1 Å². The highest BCUT2D eigenvalue weighted by atomic mass is 16.3. The zero-order valence-electron chi connectivity index (χ0n) is 24.8. The Kier molecular flexibility index (Phi) is 8.08. The van der Waals surface area contributed by atoms with Gasteiger partial charge in [-0.25, -0.2) is 0 Å². The summed E-state index contributed by atoms with van der Waals surface area (Å²) in [5.41, 5.74) is 2.28. The van der Waals surface area contributed by atoms with E-state index in [2.05, 4.69) is 32.2 Å². The van der Waals surface area contributed by atoms with Crippen LogP contribution < -0.4 is 5.32 Å². The van der Waals surface area contributed by atoms with Crippen molar-refractivity contribution in [3.63, 3.8) is 0 Å². The number of rotatable bonds is 6. The Morgan fingerprint density at radius 1 is 1.03 bits per heavy atom. The summed E-state index contributed by atoms with van der Waals surface area (Å²) >= 11 is 0. The molecule has 0 unspecified atom stereocenters. The van der Waals surface area contributed by atoms with Crippen molar-refractivity contribution in [1.82, 2.24) is 10.2 Å². The maximum atomic E-state index is 12.9. The summed E-state index contributed by atoms with van der Waals surface area (Å²) < 4.78 is 0. The number of aliphatic hydroxyl groups is 1. The standard InChI is InChI=1S/C33H54N2O3/c1-21(6-15-30(37)34-24-10-7-22(8-11-24)31(38)35(4)5)27-13-14-28-26-12-9-23-20-25(36)16-18-32(23,2)29(26)17-19-33(27,28)3/h9,21-22,24-29,36H,6-8,10-20H2,1-5H3,(H,34,37)/t21-,22?,24?,25-,26-,27+,28-,29-,32-,33+/m0/s1. The Bertz CT molecular complexity index is 921. The molecule has 0 heterocycles. The SMILES string of the molecule is C[C@@H](CCC(=O)NC1CCC(C(=O)N(C)C)CC1)[C@H]1CC[C@H]2[C@@H]3CC=C4C[C@@H](O)CC[C@]4(C)[C@H]3CC[C@]12C. The summed E-state index contributed by atoms with van der Waals surface area (Å²) in [7, 11) is 3.67. The molecule has 8 atom stereocenters. The van der Waals surface area contributed by atoms with Gasteiger partial charge in [-0.05, 0) is 124 Å². The molecule has 214 valence electrons. The molecular formula is C33H54N2O3. The van der Waals surface area contributed by atoms with Gasteiger partial charge in [-0.2, -0.15) is 0 Å². The third-order valence-corrected chi connectivity index (χ3v) is 12.5. The molecule has 5 aliphatic rings. The third kappa shape index (κ3) is 5.10. The van der Waals surface area contributed by atoms with Crippen molar-refractivity contribution in [1.29, 1.82) is 0 Å². The van der Waals surface area contributed by atoms with Crippen LogP contribution in [0.15, 0.2) is 11.6 Å². The first-order valence-corrected chi connectivity index (χ1v) is 15.9. The van der Waals surface area contributed by atoms with Crippen LogP contribution in [-0.2, 0) is 9.59 Å². The summed E-state index contributed by atoms with van der Waals surface area (Å²) in [6.07, 6.45) is 17.2. The fraction of sp³-hybridized carbons (Fsp3) is 0.879. The second-order valence-electron chi connectivity index (χ2n) is 14.7. The molecule has 0 aromatic carbocycles. The molecular weight excluding hydrogens is 472 g/mol. The van der Waals surface area contributed by atoms with Crippen molar-refractivity contribution in [3.05, 3.63) is 11.6 Å². The van der Waals surface area contributed by atoms with Crippen LogP contribution in [0.5, 0.6) is 0 Å². The number of allylic oxidation sites excluding steroid dienone is 1. The molecule has 5 aliphatic carbocycles. The molecule has 0 aromatic heterocycles. The van der Waals surface area contributed by atoms with Crippen LogP contribution in [0, 0.1) is 46.3 Å². The van der Waals surface area contributed by atoms with E-state index >= 15 is 0 Å². The maximum absolute atomic E-state index is 12.9. The Balaban J connectivity index is 1.13. The summed E-state index contributed by atoms with van der Waals surface area (Å²) in [5, 5.41) is 13.6. The molecule has 4 fully saturated rings. The number of nitrogens with zero attached hydrogens (tertiary/aromatic N) is 1. The van der Waals surface area contributed by atoms with Gasteiger partial charge in [0.05, 0.1) is 6.10 Å². The topological polar surface area (TPSA) is 69.6 Å². The van der Waals surface area contributed by atoms with E-state index in [1.165, 1.54) is 32.1 Å². The van der Waals surface area contributed by atoms with Crippen molar-refractivity contribution in [2.75, 3.05) is 14.1 Å². The highest BCUT2D eigenvalue weighted by Gasteiger charge is 2.59. The fourth-order valence-electron chi connectivity index (χ4n) is 10.3. The lowest BCUT2D eigenvalue weighted by Gasteiger charge is -2.58. The van der Waals surface area contributed by atoms with E-state index in [1.54, 1.807) is 10.5 Å². The smallest absolute Gasteiger partial charge is 0.225 e. The predicted molar refractivity (Wildman–Crippen MR) is 152 cm³/mol. The minimum Gasteiger partial charge on any atom is -0.393 e. The summed E-state index contributed by atoms with van der Waals surface area (Å²) in [6, 6.07) is 0.235. The first kappa shape index (κ1) is 28.2. The highest BCUT2D eigenvalue weighted by molar-refractivity contribution is 5.78. The maximum Gasteiger partial charge on any atom is 0.225 e. The van der Waals surface area contributed by atoms with Gasteiger partial charge in [0.25, 0.3) is 0 Å². The van der Waals surface area contributed by atoms with Gasteiger partial charge in [0.2, 0.25) is 11.8 Å². The van der Waals surface area contributed by atoms with Crippen molar-refractivity contribution in [3.8, 4) is 0 Å². The van der Waals surface area contributed by atoms with Gasteiger partial charge in [0.15, 0.2) is 0 Å². The Hall–Kier alpha value is -1.36. The van der Waals surface area contributed by atoms with Crippen molar-refractivity contribution >= 4 is 11.8 Å². The molecule has 0 saturated heterocycles. The van der Waals surface area contributed by atoms with E-state index in [4.69, 9.17) is 0 Å². The summed E-state index contributed by atoms with van der Waals surface area (Å²) in [4.78, 5) is 26.8. The largest absolute Gasteiger partial charge is 0.393 e. The minimum atomic E-state index is -0.129. The minimum absolute atomic E-state index is 0.128. The third-order valence-electron chi connectivity index (χ3n) is 12.5. The number of fused-ring (bicyclic) bond motifs is 5. The number of hydrogen-bond acceptors (Lipinski definition) is 3. The van der Waals surface area contributed by atoms with Crippen molar-refractivity contribution in [2.45, 2.75) is 123 Å². The predicted octanol–water partition coefficient (Wildman–Crippen LogP) is 6.11. The van der Waals surface area contributed by atoms with Crippen LogP contribution in [0.2, 0.25) is 0 Å². The number of aliphatic hydroxyl groups excluding tert-OH is 1. The molecule has 5 heteroatoms. The Morgan fingerprint density at radius 2 is 1.76 bits per heavy atom. The Morgan fingerprint density at radius 3 is 2.47 bits per heavy atom. The summed E-state index contributed by atoms with van der Waals surface area (Å²) in [5.74, 6) is 4.27. The van der Waals surface area contributed by atoms with Gasteiger partial charge in [-0.1, -0.05) is 32.4 Å². The number of hydrogen-bond donors (Lipinski definition) is 2. The molecule has 5 nitrogen and oxygen atoms in total. The van der Waals surface area contributed by atoms with Gasteiger partial charge in [0.1, 0.15) is 0 Å². The number of amides is 2. The first-order valence-electron chi connectivity index (χ1n) is 15.9. The fourth-order valence-corrected chi connectivity index (χ4v) is 10.3. The van der Waals surface area contributed by atoms with Gasteiger partial charge in [0, 0.05) is 32.5 Å². The Labute approximate surface area is 231 Å². The highest BCUT2D eigenvalue weighted by Crippen LogP contribution is 2.67. The van der Waals surface area contributed by atoms with Gasteiger partial charge < -0.3 is 15.3 Å². The zero-order chi connectivity index (χ0) is 27.2. The molecule has 0 aliphatic heterocycles. The number of nitrogens with one attached hydrogen (secondary N) is 1. The van der Waals surface area contributed by atoms with E-state index in [0.29, 0.717) is 23.2 Å². The second kappa shape index (κ2) is 10.9. The number of carbonyl (C=O) groups excluding carboxylic acids is 2. The van der Waals surface area contributed by atoms with Crippen molar-refractivity contribution in [2.24, 2.45) is 46.3 Å². The van der Waals surface area contributed by atoms with Crippen LogP contribution in [0.3, 0.4) is 0 Å². The quantitative estimate of drug-likeness (QED) is 0.411. The van der Waals surface area contributed by atoms with Crippen LogP contribution in [0.1, 0.15) is 111 Å². The van der Waals surface area contributed by atoms with E-state index in [1.807, 2.05) is 14.1 Å². The molecule has 2 amide bonds. The van der Waals surface area contributed by atoms with Crippen LogP contribution >= 0.6 is 0 Å². The van der Waals surface area contributed by atoms with Crippen LogP contribution in [0.4, 0.5) is 0 Å². The molecule has 0 aromatic rings. The molecule has 38 heavy (non-hydrogen) atoms. The van der Waals surface area contributed by atoms with E-state index in [9.17, 15) is 14.7 Å². The second-order valence-corrected chi connectivity index (χ2v) is 14.7. The average Bonchev–Trinajstić information content (AvgIpc) is 3.25. The lowest BCUT2D eigenvalue weighted by atomic mass is 9.47. The van der Waals surface area contributed by atoms with E-state index in [0.717, 1.165) is 75.0 Å². The molecule has 2 N–H and O–H groups in total. The van der Waals surface area contributed by atoms with Crippen LogP contribution in [0.25, 0.3) is 0 Å². The zero-order valence-corrected chi connectivity index (χ0v) is 24.8. The lowest BCUT2D eigenvalue weighted by molar-refractivity contribution is -0.134. The lowest BCUT2D eigenvalue weighted by Crippen LogP contribution is -2.50. The van der Waals surface area contributed by atoms with E-state index < -0.39 is 0 Å². The monoisotopic (exact) mass is 526 g/mol. The molecule has 4 saturated carbocycles. The molecule has 5 rings (SSSR count). The van der Waals surface area contributed by atoms with Gasteiger partial charge in [-0.15, -0.1) is 0 Å².